The fourth-order valence-corrected chi connectivity index (χ4v) is 3.93. The van der Waals surface area contributed by atoms with E-state index in [4.69, 9.17) is 4.74 Å². The number of benzene rings is 2. The fourth-order valence-electron chi connectivity index (χ4n) is 3.03. The largest absolute Gasteiger partial charge is 0.465 e. The number of aryl methyl sites for hydroxylation is 1. The monoisotopic (exact) mass is 338 g/mol. The van der Waals surface area contributed by atoms with Crippen LogP contribution in [0.2, 0.25) is 0 Å². The molecule has 1 aliphatic carbocycles. The van der Waals surface area contributed by atoms with Crippen molar-refractivity contribution in [1.82, 2.24) is 4.98 Å². The number of carbonyl (C=O) groups excluding carboxylic acids is 1. The lowest BCUT2D eigenvalue weighted by Gasteiger charge is -2.11. The molecule has 1 aliphatic rings. The van der Waals surface area contributed by atoms with Gasteiger partial charge in [-0.1, -0.05) is 41.7 Å². The van der Waals surface area contributed by atoms with Crippen LogP contribution >= 0.6 is 11.3 Å². The standard InChI is InChI=1S/C19H18N2O2S/c1-11-17(18(22)23-2)24-19(20-11)21-16-10-9-13(12-7-8-12)14-5-3-4-6-15(14)16/h3-6,9-10,12H,7-8H2,1-2H3,(H,20,21). The van der Waals surface area contributed by atoms with Gasteiger partial charge < -0.3 is 10.1 Å². The normalized spacial score (nSPS) is 13.9. The highest BCUT2D eigenvalue weighted by atomic mass is 32.1. The minimum atomic E-state index is -0.341. The van der Waals surface area contributed by atoms with Crippen molar-refractivity contribution in [1.29, 1.82) is 0 Å². The average molecular weight is 338 g/mol. The predicted molar refractivity (Wildman–Crippen MR) is 97.4 cm³/mol. The molecule has 4 nitrogen and oxygen atoms in total. The van der Waals surface area contributed by atoms with Crippen LogP contribution in [0.15, 0.2) is 36.4 Å². The Morgan fingerprint density at radius 3 is 2.67 bits per heavy atom. The van der Waals surface area contributed by atoms with Gasteiger partial charge >= 0.3 is 5.97 Å². The number of methoxy groups -OCH3 is 1. The van der Waals surface area contributed by atoms with Crippen LogP contribution in [0.25, 0.3) is 10.8 Å². The number of nitrogens with zero attached hydrogens (tertiary/aromatic N) is 1. The number of hydrogen-bond donors (Lipinski definition) is 1. The van der Waals surface area contributed by atoms with Crippen molar-refractivity contribution in [3.05, 3.63) is 52.5 Å². The maximum Gasteiger partial charge on any atom is 0.350 e. The Bertz CT molecular complexity index is 928. The van der Waals surface area contributed by atoms with E-state index < -0.39 is 0 Å². The Labute approximate surface area is 144 Å². The quantitative estimate of drug-likeness (QED) is 0.679. The summed E-state index contributed by atoms with van der Waals surface area (Å²) in [5.74, 6) is 0.365. The van der Waals surface area contributed by atoms with Gasteiger partial charge in [0.05, 0.1) is 12.8 Å². The smallest absolute Gasteiger partial charge is 0.350 e. The van der Waals surface area contributed by atoms with Crippen LogP contribution in [0, 0.1) is 6.92 Å². The van der Waals surface area contributed by atoms with Gasteiger partial charge in [0.15, 0.2) is 5.13 Å². The molecular weight excluding hydrogens is 320 g/mol. The van der Waals surface area contributed by atoms with Crippen LogP contribution < -0.4 is 5.32 Å². The zero-order valence-electron chi connectivity index (χ0n) is 13.6. The number of esters is 1. The molecule has 0 spiro atoms. The second-order valence-corrected chi connectivity index (χ2v) is 7.07. The molecule has 1 heterocycles. The van der Waals surface area contributed by atoms with Gasteiger partial charge in [0.1, 0.15) is 4.88 Å². The first-order chi connectivity index (χ1) is 11.7. The summed E-state index contributed by atoms with van der Waals surface area (Å²) >= 11 is 1.32. The van der Waals surface area contributed by atoms with Gasteiger partial charge in [-0.15, -0.1) is 0 Å². The minimum Gasteiger partial charge on any atom is -0.465 e. The zero-order valence-corrected chi connectivity index (χ0v) is 14.4. The number of fused-ring (bicyclic) bond motifs is 1. The third-order valence-electron chi connectivity index (χ3n) is 4.38. The highest BCUT2D eigenvalue weighted by Gasteiger charge is 2.25. The average Bonchev–Trinajstić information content (AvgIpc) is 3.37. The lowest BCUT2D eigenvalue weighted by atomic mass is 10.00. The second-order valence-electron chi connectivity index (χ2n) is 6.07. The first-order valence-electron chi connectivity index (χ1n) is 8.02. The number of ether oxygens (including phenoxy) is 1. The van der Waals surface area contributed by atoms with E-state index in [1.165, 1.54) is 47.6 Å². The molecule has 5 heteroatoms. The van der Waals surface area contributed by atoms with Gasteiger partial charge in [-0.2, -0.15) is 0 Å². The van der Waals surface area contributed by atoms with E-state index in [1.807, 2.05) is 6.92 Å². The SMILES string of the molecule is COC(=O)c1sc(Nc2ccc(C3CC3)c3ccccc23)nc1C. The van der Waals surface area contributed by atoms with Crippen molar-refractivity contribution < 1.29 is 9.53 Å². The van der Waals surface area contributed by atoms with E-state index in [2.05, 4.69) is 46.7 Å². The molecule has 0 bridgehead atoms. The van der Waals surface area contributed by atoms with Crippen molar-refractivity contribution in [2.45, 2.75) is 25.7 Å². The summed E-state index contributed by atoms with van der Waals surface area (Å²) in [5, 5.41) is 6.57. The van der Waals surface area contributed by atoms with Gasteiger partial charge in [0.2, 0.25) is 0 Å². The number of carbonyl (C=O) groups is 1. The number of hydrogen-bond acceptors (Lipinski definition) is 5. The van der Waals surface area contributed by atoms with Crippen molar-refractivity contribution in [2.75, 3.05) is 12.4 Å². The molecule has 0 aliphatic heterocycles. The minimum absolute atomic E-state index is 0.341. The number of aromatic nitrogens is 1. The summed E-state index contributed by atoms with van der Waals surface area (Å²) in [6.45, 7) is 1.82. The van der Waals surface area contributed by atoms with Gasteiger partial charge in [-0.3, -0.25) is 0 Å². The first kappa shape index (κ1) is 15.1. The molecule has 2 aromatic carbocycles. The Morgan fingerprint density at radius 2 is 1.96 bits per heavy atom. The molecule has 0 amide bonds. The van der Waals surface area contributed by atoms with Gasteiger partial charge in [-0.25, -0.2) is 9.78 Å². The number of thiazole rings is 1. The molecular formula is C19H18N2O2S. The molecule has 0 atom stereocenters. The topological polar surface area (TPSA) is 51.2 Å². The van der Waals surface area contributed by atoms with Crippen molar-refractivity contribution >= 4 is 38.9 Å². The number of rotatable bonds is 4. The van der Waals surface area contributed by atoms with Crippen LogP contribution in [-0.2, 0) is 4.74 Å². The molecule has 122 valence electrons. The molecule has 1 aromatic heterocycles. The molecule has 1 saturated carbocycles. The van der Waals surface area contributed by atoms with E-state index in [0.29, 0.717) is 21.6 Å². The van der Waals surface area contributed by atoms with Crippen LogP contribution in [0.4, 0.5) is 10.8 Å². The highest BCUT2D eigenvalue weighted by molar-refractivity contribution is 7.17. The number of anilines is 2. The summed E-state index contributed by atoms with van der Waals surface area (Å²) < 4.78 is 4.80. The van der Waals surface area contributed by atoms with E-state index in [0.717, 1.165) is 5.69 Å². The summed E-state index contributed by atoms with van der Waals surface area (Å²) in [4.78, 5) is 16.8. The van der Waals surface area contributed by atoms with E-state index >= 15 is 0 Å². The molecule has 1 N–H and O–H groups in total. The number of nitrogens with one attached hydrogen (secondary N) is 1. The Morgan fingerprint density at radius 1 is 1.21 bits per heavy atom. The predicted octanol–water partition coefficient (Wildman–Crippen LogP) is 5.01. The Balaban J connectivity index is 1.73. The van der Waals surface area contributed by atoms with E-state index in [9.17, 15) is 4.79 Å². The highest BCUT2D eigenvalue weighted by Crippen LogP contribution is 2.44. The zero-order chi connectivity index (χ0) is 16.7. The molecule has 3 aromatic rings. The molecule has 24 heavy (non-hydrogen) atoms. The molecule has 4 rings (SSSR count). The van der Waals surface area contributed by atoms with Gasteiger partial charge in [-0.05, 0) is 42.7 Å². The third kappa shape index (κ3) is 2.65. The van der Waals surface area contributed by atoms with E-state index in [-0.39, 0.29) is 5.97 Å². The van der Waals surface area contributed by atoms with Crippen LogP contribution in [0.1, 0.15) is 39.7 Å². The lowest BCUT2D eigenvalue weighted by Crippen LogP contribution is -1.99. The maximum atomic E-state index is 11.8. The first-order valence-corrected chi connectivity index (χ1v) is 8.83. The Kier molecular flexibility index (Phi) is 3.73. The summed E-state index contributed by atoms with van der Waals surface area (Å²) in [6, 6.07) is 12.8. The van der Waals surface area contributed by atoms with Crippen LogP contribution in [0.3, 0.4) is 0 Å². The maximum absolute atomic E-state index is 11.8. The lowest BCUT2D eigenvalue weighted by molar-refractivity contribution is 0.0605. The van der Waals surface area contributed by atoms with Crippen molar-refractivity contribution in [3.63, 3.8) is 0 Å². The molecule has 0 saturated heterocycles. The fraction of sp³-hybridized carbons (Fsp3) is 0.263. The van der Waals surface area contributed by atoms with Gasteiger partial charge in [0.25, 0.3) is 0 Å². The van der Waals surface area contributed by atoms with Crippen molar-refractivity contribution in [2.24, 2.45) is 0 Å². The summed E-state index contributed by atoms with van der Waals surface area (Å²) in [6.07, 6.45) is 2.57. The third-order valence-corrected chi connectivity index (χ3v) is 5.44. The molecule has 1 fully saturated rings. The Hall–Kier alpha value is -2.40. The second kappa shape index (κ2) is 5.91. The molecule has 0 unspecified atom stereocenters. The summed E-state index contributed by atoms with van der Waals surface area (Å²) in [5.41, 5.74) is 3.13. The molecule has 0 radical (unpaired) electrons. The summed E-state index contributed by atoms with van der Waals surface area (Å²) in [7, 11) is 1.39. The van der Waals surface area contributed by atoms with Gasteiger partial charge in [0, 0.05) is 11.1 Å². The van der Waals surface area contributed by atoms with Crippen molar-refractivity contribution in [3.8, 4) is 0 Å². The van der Waals surface area contributed by atoms with E-state index in [1.54, 1.807) is 0 Å². The van der Waals surface area contributed by atoms with Crippen LogP contribution in [-0.4, -0.2) is 18.1 Å². The van der Waals surface area contributed by atoms with Crippen LogP contribution in [0.5, 0.6) is 0 Å².